The summed E-state index contributed by atoms with van der Waals surface area (Å²) in [4.78, 5) is 7.06. The highest BCUT2D eigenvalue weighted by atomic mass is 79.9. The molecule has 1 aliphatic heterocycles. The minimum atomic E-state index is 0.729. The number of nitrogens with zero attached hydrogens (tertiary/aromatic N) is 2. The van der Waals surface area contributed by atoms with Crippen LogP contribution >= 0.6 is 27.5 Å². The van der Waals surface area contributed by atoms with Gasteiger partial charge < -0.3 is 10.2 Å². The molecule has 106 valence electrons. The van der Waals surface area contributed by atoms with Crippen LogP contribution in [0.4, 0.5) is 5.69 Å². The Kier molecular flexibility index (Phi) is 3.89. The van der Waals surface area contributed by atoms with Crippen molar-refractivity contribution >= 4 is 44.1 Å². The predicted molar refractivity (Wildman–Crippen MR) is 89.0 cm³/mol. The van der Waals surface area contributed by atoms with E-state index < -0.39 is 0 Å². The summed E-state index contributed by atoms with van der Waals surface area (Å²) in [7, 11) is 0. The molecule has 0 unspecified atom stereocenters. The molecule has 1 aromatic heterocycles. The number of rotatable bonds is 1. The molecule has 1 aliphatic rings. The van der Waals surface area contributed by atoms with E-state index in [1.54, 1.807) is 0 Å². The fourth-order valence-corrected chi connectivity index (χ4v) is 3.60. The molecule has 0 saturated carbocycles. The second-order valence-corrected chi connectivity index (χ2v) is 6.44. The predicted octanol–water partition coefficient (Wildman–Crippen LogP) is 3.68. The maximum absolute atomic E-state index is 6.39. The van der Waals surface area contributed by atoms with E-state index in [9.17, 15) is 0 Å². The van der Waals surface area contributed by atoms with E-state index in [1.807, 2.05) is 13.0 Å². The molecular formula is C15H17BrClN3. The van der Waals surface area contributed by atoms with Gasteiger partial charge in [0.2, 0.25) is 0 Å². The highest BCUT2D eigenvalue weighted by Gasteiger charge is 2.20. The van der Waals surface area contributed by atoms with Crippen LogP contribution in [0.3, 0.4) is 0 Å². The zero-order valence-corrected chi connectivity index (χ0v) is 14.0. The molecule has 0 spiro atoms. The fourth-order valence-electron chi connectivity index (χ4n) is 2.73. The number of fused-ring (bicyclic) bond motifs is 1. The van der Waals surface area contributed by atoms with Crippen molar-refractivity contribution in [3.8, 4) is 0 Å². The molecule has 1 N–H and O–H groups in total. The van der Waals surface area contributed by atoms with E-state index in [4.69, 9.17) is 11.6 Å². The Bertz CT molecular complexity index is 666. The maximum Gasteiger partial charge on any atom is 0.0913 e. The molecule has 0 bridgehead atoms. The standard InChI is InChI=1S/C15H17BrClN3/c1-9-7-11-14(12(17)8-9)19-10(2)13(16)15(11)20-5-3-18-4-6-20/h7-8,18H,3-6H2,1-2H3. The van der Waals surface area contributed by atoms with Crippen LogP contribution in [0.5, 0.6) is 0 Å². The number of aromatic nitrogens is 1. The summed E-state index contributed by atoms with van der Waals surface area (Å²) < 4.78 is 1.08. The number of pyridine rings is 1. The highest BCUT2D eigenvalue weighted by molar-refractivity contribution is 9.10. The Morgan fingerprint density at radius 3 is 2.65 bits per heavy atom. The van der Waals surface area contributed by atoms with Crippen LogP contribution in [0.25, 0.3) is 10.9 Å². The van der Waals surface area contributed by atoms with E-state index >= 15 is 0 Å². The first-order valence-corrected chi connectivity index (χ1v) is 7.96. The van der Waals surface area contributed by atoms with Gasteiger partial charge in [-0.05, 0) is 47.5 Å². The van der Waals surface area contributed by atoms with Crippen LogP contribution in [0, 0.1) is 13.8 Å². The Morgan fingerprint density at radius 2 is 1.95 bits per heavy atom. The SMILES string of the molecule is Cc1cc(Cl)c2nc(C)c(Br)c(N3CCNCC3)c2c1. The minimum absolute atomic E-state index is 0.729. The van der Waals surface area contributed by atoms with E-state index in [0.717, 1.165) is 57.8 Å². The molecule has 0 atom stereocenters. The van der Waals surface area contributed by atoms with Gasteiger partial charge >= 0.3 is 0 Å². The lowest BCUT2D eigenvalue weighted by atomic mass is 10.1. The smallest absolute Gasteiger partial charge is 0.0913 e. The van der Waals surface area contributed by atoms with Gasteiger partial charge in [0.15, 0.2) is 0 Å². The van der Waals surface area contributed by atoms with Gasteiger partial charge in [-0.1, -0.05) is 11.6 Å². The number of benzene rings is 1. The molecule has 0 aliphatic carbocycles. The van der Waals surface area contributed by atoms with E-state index in [0.29, 0.717) is 0 Å². The monoisotopic (exact) mass is 353 g/mol. The highest BCUT2D eigenvalue weighted by Crippen LogP contribution is 2.38. The molecule has 0 radical (unpaired) electrons. The lowest BCUT2D eigenvalue weighted by Gasteiger charge is -2.31. The summed E-state index contributed by atoms with van der Waals surface area (Å²) in [5.41, 5.74) is 4.26. The summed E-state index contributed by atoms with van der Waals surface area (Å²) >= 11 is 10.1. The second-order valence-electron chi connectivity index (χ2n) is 5.24. The fraction of sp³-hybridized carbons (Fsp3) is 0.400. The largest absolute Gasteiger partial charge is 0.367 e. The van der Waals surface area contributed by atoms with Gasteiger partial charge in [0.25, 0.3) is 0 Å². The van der Waals surface area contributed by atoms with Crippen LogP contribution < -0.4 is 10.2 Å². The summed E-state index contributed by atoms with van der Waals surface area (Å²) in [6.45, 7) is 8.11. The molecule has 1 aromatic carbocycles. The first-order valence-electron chi connectivity index (χ1n) is 6.79. The number of aryl methyl sites for hydroxylation is 2. The molecular weight excluding hydrogens is 338 g/mol. The van der Waals surface area contributed by atoms with Crippen LogP contribution in [-0.4, -0.2) is 31.2 Å². The zero-order valence-electron chi connectivity index (χ0n) is 11.6. The van der Waals surface area contributed by atoms with Gasteiger partial charge in [-0.15, -0.1) is 0 Å². The summed E-state index contributed by atoms with van der Waals surface area (Å²) in [5.74, 6) is 0. The van der Waals surface area contributed by atoms with E-state index in [2.05, 4.69) is 44.1 Å². The van der Waals surface area contributed by atoms with Crippen molar-refractivity contribution in [1.29, 1.82) is 0 Å². The van der Waals surface area contributed by atoms with Gasteiger partial charge in [0.05, 0.1) is 26.4 Å². The van der Waals surface area contributed by atoms with Crippen molar-refractivity contribution in [1.82, 2.24) is 10.3 Å². The number of hydrogen-bond donors (Lipinski definition) is 1. The van der Waals surface area contributed by atoms with Gasteiger partial charge in [-0.25, -0.2) is 0 Å². The average Bonchev–Trinajstić information content (AvgIpc) is 2.42. The third-order valence-corrected chi connectivity index (χ3v) is 4.94. The lowest BCUT2D eigenvalue weighted by Crippen LogP contribution is -2.43. The van der Waals surface area contributed by atoms with Crippen molar-refractivity contribution in [2.45, 2.75) is 13.8 Å². The molecule has 1 saturated heterocycles. The van der Waals surface area contributed by atoms with Crippen molar-refractivity contribution in [3.05, 3.63) is 32.9 Å². The number of piperazine rings is 1. The topological polar surface area (TPSA) is 28.2 Å². The van der Waals surface area contributed by atoms with Crippen molar-refractivity contribution in [2.75, 3.05) is 31.1 Å². The third kappa shape index (κ3) is 2.41. The maximum atomic E-state index is 6.39. The molecule has 3 rings (SSSR count). The number of halogens is 2. The van der Waals surface area contributed by atoms with E-state index in [-0.39, 0.29) is 0 Å². The van der Waals surface area contributed by atoms with Crippen molar-refractivity contribution in [3.63, 3.8) is 0 Å². The minimum Gasteiger partial charge on any atom is -0.367 e. The third-order valence-electron chi connectivity index (χ3n) is 3.70. The Labute approximate surface area is 132 Å². The quantitative estimate of drug-likeness (QED) is 0.847. The van der Waals surface area contributed by atoms with Crippen molar-refractivity contribution < 1.29 is 0 Å². The second kappa shape index (κ2) is 5.51. The molecule has 20 heavy (non-hydrogen) atoms. The van der Waals surface area contributed by atoms with Gasteiger partial charge in [0.1, 0.15) is 0 Å². The Morgan fingerprint density at radius 1 is 1.25 bits per heavy atom. The molecule has 0 amide bonds. The zero-order chi connectivity index (χ0) is 14.3. The summed E-state index contributed by atoms with van der Waals surface area (Å²) in [5, 5.41) is 5.25. The van der Waals surface area contributed by atoms with Crippen LogP contribution in [0.1, 0.15) is 11.3 Å². The summed E-state index contributed by atoms with van der Waals surface area (Å²) in [6.07, 6.45) is 0. The number of nitrogens with one attached hydrogen (secondary N) is 1. The normalized spacial score (nSPS) is 15.9. The van der Waals surface area contributed by atoms with Gasteiger partial charge in [0, 0.05) is 31.6 Å². The number of anilines is 1. The number of hydrogen-bond acceptors (Lipinski definition) is 3. The van der Waals surface area contributed by atoms with Crippen LogP contribution in [0.2, 0.25) is 5.02 Å². The lowest BCUT2D eigenvalue weighted by molar-refractivity contribution is 0.589. The first-order chi connectivity index (χ1) is 9.58. The van der Waals surface area contributed by atoms with Gasteiger partial charge in [-0.3, -0.25) is 4.98 Å². The Balaban J connectivity index is 2.29. The molecule has 3 nitrogen and oxygen atoms in total. The molecule has 2 heterocycles. The van der Waals surface area contributed by atoms with Gasteiger partial charge in [-0.2, -0.15) is 0 Å². The van der Waals surface area contributed by atoms with E-state index in [1.165, 1.54) is 5.69 Å². The van der Waals surface area contributed by atoms with Crippen molar-refractivity contribution in [2.24, 2.45) is 0 Å². The van der Waals surface area contributed by atoms with Crippen LogP contribution in [-0.2, 0) is 0 Å². The molecule has 1 fully saturated rings. The molecule has 5 heteroatoms. The average molecular weight is 355 g/mol. The summed E-state index contributed by atoms with van der Waals surface area (Å²) in [6, 6.07) is 4.15. The first kappa shape index (κ1) is 14.1. The van der Waals surface area contributed by atoms with Crippen LogP contribution in [0.15, 0.2) is 16.6 Å². The molecule has 2 aromatic rings. The Hall–Kier alpha value is -0.840.